The van der Waals surface area contributed by atoms with Crippen LogP contribution in [0.25, 0.3) is 0 Å². The molecule has 2 heterocycles. The van der Waals surface area contributed by atoms with Crippen molar-refractivity contribution in [3.8, 4) is 0 Å². The van der Waals surface area contributed by atoms with Crippen molar-refractivity contribution in [2.75, 3.05) is 145 Å². The van der Waals surface area contributed by atoms with Crippen LogP contribution in [0.2, 0.25) is 0 Å². The van der Waals surface area contributed by atoms with Gasteiger partial charge in [0, 0.05) is 45.6 Å². The van der Waals surface area contributed by atoms with Crippen molar-refractivity contribution in [3.63, 3.8) is 0 Å². The molecular weight excluding hydrogens is 1110 g/mol. The van der Waals surface area contributed by atoms with E-state index in [0.717, 1.165) is 19.4 Å². The molecule has 10 atom stereocenters. The Hall–Kier alpha value is -6.44. The number of alkyl carbamates (subject to hydrolysis) is 2. The van der Waals surface area contributed by atoms with Gasteiger partial charge in [0.15, 0.2) is 30.2 Å². The number of hydrogen-bond donors (Lipinski definition) is 13. The van der Waals surface area contributed by atoms with Crippen LogP contribution in [0, 0.1) is 5.92 Å². The number of nitrogens with one attached hydrogen (secondary N) is 3. The fourth-order valence-corrected chi connectivity index (χ4v) is 7.70. The molecule has 17 N–H and O–H groups in total. The lowest BCUT2D eigenvalue weighted by molar-refractivity contribution is -0.147. The van der Waals surface area contributed by atoms with Gasteiger partial charge in [-0.25, -0.2) is 29.2 Å². The molecule has 2 aliphatic heterocycles. The second-order valence-corrected chi connectivity index (χ2v) is 18.1. The second-order valence-electron chi connectivity index (χ2n) is 18.1. The van der Waals surface area contributed by atoms with Crippen molar-refractivity contribution in [2.45, 2.75) is 88.4 Å². The van der Waals surface area contributed by atoms with Crippen LogP contribution in [0.1, 0.15) is 33.6 Å². The average Bonchev–Trinajstić information content (AvgIpc) is 3.32. The van der Waals surface area contributed by atoms with Gasteiger partial charge in [0.1, 0.15) is 18.3 Å². The van der Waals surface area contributed by atoms with Crippen LogP contribution >= 0.6 is 0 Å². The Morgan fingerprint density at radius 1 is 0.590 bits per heavy atom. The zero-order valence-corrected chi connectivity index (χ0v) is 47.1. The number of rotatable bonds is 45. The van der Waals surface area contributed by atoms with Gasteiger partial charge in [-0.3, -0.25) is 9.59 Å². The van der Waals surface area contributed by atoms with Crippen molar-refractivity contribution in [2.24, 2.45) is 38.8 Å². The molecule has 0 bridgehead atoms. The van der Waals surface area contributed by atoms with E-state index in [1.807, 2.05) is 6.92 Å². The highest BCUT2D eigenvalue weighted by Gasteiger charge is 2.47. The van der Waals surface area contributed by atoms with Crippen molar-refractivity contribution < 1.29 is 116 Å². The van der Waals surface area contributed by atoms with Gasteiger partial charge in [-0.1, -0.05) is 13.8 Å². The number of aliphatic hydroxyl groups excluding tert-OH is 4. The van der Waals surface area contributed by atoms with E-state index in [1.165, 1.54) is 11.0 Å². The summed E-state index contributed by atoms with van der Waals surface area (Å²) in [5.74, 6) is -6.63. The molecule has 0 saturated heterocycles. The molecule has 0 aromatic carbocycles. The zero-order valence-electron chi connectivity index (χ0n) is 47.1. The molecule has 0 aromatic heterocycles. The Bertz CT molecular complexity index is 2050. The number of nitrogens with zero attached hydrogens (tertiary/aromatic N) is 3. The number of carbonyl (C=O) groups excluding carboxylic acids is 4. The second kappa shape index (κ2) is 42.4. The molecular formula is C49H86N10O24. The summed E-state index contributed by atoms with van der Waals surface area (Å²) in [6, 6.07) is -3.42. The summed E-state index contributed by atoms with van der Waals surface area (Å²) in [6.07, 6.45) is -8.62. The number of aliphatic imine (C=N–C) groups is 2. The molecule has 0 unspecified atom stereocenters. The third kappa shape index (κ3) is 30.1. The summed E-state index contributed by atoms with van der Waals surface area (Å²) in [4.78, 5) is 84.1. The van der Waals surface area contributed by atoms with E-state index in [2.05, 4.69) is 25.9 Å². The molecule has 2 rings (SSSR count). The van der Waals surface area contributed by atoms with Crippen molar-refractivity contribution in [1.29, 1.82) is 0 Å². The molecule has 0 fully saturated rings. The Balaban J connectivity index is 1.85. The number of hydrogen-bond acceptors (Lipinski definition) is 24. The summed E-state index contributed by atoms with van der Waals surface area (Å²) in [6.45, 7) is 6.70. The van der Waals surface area contributed by atoms with Crippen LogP contribution in [0.5, 0.6) is 0 Å². The first-order valence-electron chi connectivity index (χ1n) is 26.8. The first-order chi connectivity index (χ1) is 39.7. The van der Waals surface area contributed by atoms with Crippen LogP contribution in [0.3, 0.4) is 0 Å². The molecule has 476 valence electrons. The Morgan fingerprint density at radius 3 is 1.40 bits per heavy atom. The molecule has 83 heavy (non-hydrogen) atoms. The number of aliphatic hydroxyl groups is 4. The topological polar surface area (TPSA) is 503 Å². The minimum atomic E-state index is -1.82. The van der Waals surface area contributed by atoms with E-state index in [9.17, 15) is 59.4 Å². The smallest absolute Gasteiger partial charge is 0.407 e. The quantitative estimate of drug-likeness (QED) is 0.0154. The molecule has 0 aromatic rings. The highest BCUT2D eigenvalue weighted by molar-refractivity contribution is 5.86. The highest BCUT2D eigenvalue weighted by atomic mass is 16.6. The molecule has 4 amide bonds. The van der Waals surface area contributed by atoms with Gasteiger partial charge in [0.25, 0.3) is 0 Å². The maximum absolute atomic E-state index is 13.3. The fraction of sp³-hybridized carbons (Fsp3) is 0.755. The average molecular weight is 1200 g/mol. The van der Waals surface area contributed by atoms with Gasteiger partial charge in [-0.2, -0.15) is 0 Å². The van der Waals surface area contributed by atoms with E-state index >= 15 is 0 Å². The molecule has 0 saturated carbocycles. The van der Waals surface area contributed by atoms with Crippen LogP contribution in [-0.2, 0) is 76.0 Å². The molecule has 0 spiro atoms. The first-order valence-corrected chi connectivity index (χ1v) is 26.8. The summed E-state index contributed by atoms with van der Waals surface area (Å²) in [5, 5.41) is 67.2. The lowest BCUT2D eigenvalue weighted by Gasteiger charge is -2.39. The summed E-state index contributed by atoms with van der Waals surface area (Å²) in [5.41, 5.74) is 22.1. The molecule has 34 nitrogen and oxygen atoms in total. The van der Waals surface area contributed by atoms with E-state index in [4.69, 9.17) is 79.8 Å². The zero-order chi connectivity index (χ0) is 61.5. The van der Waals surface area contributed by atoms with Crippen molar-refractivity contribution >= 4 is 47.9 Å². The highest BCUT2D eigenvalue weighted by Crippen LogP contribution is 2.31. The first kappa shape index (κ1) is 72.7. The minimum Gasteiger partial charge on any atom is -0.479 e. The van der Waals surface area contributed by atoms with E-state index in [1.54, 1.807) is 6.92 Å². The number of amides is 4. The Kier molecular flexibility index (Phi) is 37.1. The van der Waals surface area contributed by atoms with Gasteiger partial charge < -0.3 is 131 Å². The van der Waals surface area contributed by atoms with Gasteiger partial charge in [0.2, 0.25) is 23.3 Å². The number of guanidine groups is 2. The summed E-state index contributed by atoms with van der Waals surface area (Å²) < 4.78 is 66.1. The van der Waals surface area contributed by atoms with Gasteiger partial charge >= 0.3 is 24.1 Å². The van der Waals surface area contributed by atoms with Crippen LogP contribution in [0.15, 0.2) is 33.7 Å². The SMILES string of the molecule is CCCOCCOCCOCCOCCC(=O)N(CCOCCOCCNC(=O)O[C@@H]([C@@H]1OC(C(=O)O)=C[C@H](N=C(N)N)[C@H]1C)[C@H](O)CO)CCOCCOCCNC(=O)O[C@@H]([C@@H]1OC(C(=O)O)=C[C@H](N=C(N)N)[C@H]1NC(C)=O)[C@H](O)CO. The normalized spacial score (nSPS) is 19.8. The van der Waals surface area contributed by atoms with Gasteiger partial charge in [-0.15, -0.1) is 0 Å². The standard InChI is InChI=1S/C49H86N10O24/c1-4-10-72-16-22-78-24-25-79-23-17-73-11-5-38(65)59(8-14-76-20-18-74-12-6-54-48(70)82-41(34(63)28-60)40-30(2)32(57-46(50)51)26-36(80-40)44(66)67)9-15-77-21-19-75-13-7-55-49(71)83-42(35(64)29-61)43-39(56-31(3)62)33(58-47(52)53)27-37(81-43)45(68)69/h26-27,30,32-35,39-43,60-61,63-64H,4-25,28-29H2,1-3H3,(H,54,70)(H,55,71)(H,56,62)(H,66,67)(H,68,69)(H4,50,51,57)(H4,52,53,58)/t30-,32+,33+,34-,35-,39-,40-,41-,42-,43-/m1/s1. The van der Waals surface area contributed by atoms with Crippen LogP contribution in [0.4, 0.5) is 9.59 Å². The maximum atomic E-state index is 13.3. The predicted octanol–water partition coefficient (Wildman–Crippen LogP) is -5.20. The fourth-order valence-electron chi connectivity index (χ4n) is 7.70. The van der Waals surface area contributed by atoms with Gasteiger partial charge in [0.05, 0.1) is 137 Å². The van der Waals surface area contributed by atoms with Crippen molar-refractivity contribution in [1.82, 2.24) is 20.9 Å². The monoisotopic (exact) mass is 1200 g/mol. The lowest BCUT2D eigenvalue weighted by atomic mass is 9.87. The molecule has 0 aliphatic carbocycles. The third-order valence-corrected chi connectivity index (χ3v) is 11.7. The van der Waals surface area contributed by atoms with E-state index in [-0.39, 0.29) is 111 Å². The maximum Gasteiger partial charge on any atom is 0.407 e. The number of carboxylic acid groups (broad SMARTS) is 2. The largest absolute Gasteiger partial charge is 0.479 e. The number of carbonyl (C=O) groups is 6. The Labute approximate surface area is 480 Å². The van der Waals surface area contributed by atoms with Crippen LogP contribution in [-0.4, -0.2) is 283 Å². The molecule has 34 heteroatoms. The van der Waals surface area contributed by atoms with Crippen molar-refractivity contribution in [3.05, 3.63) is 23.7 Å². The molecule has 2 aliphatic rings. The Morgan fingerprint density at radius 2 is 0.976 bits per heavy atom. The number of nitrogens with two attached hydrogens (primary N) is 4. The van der Waals surface area contributed by atoms with E-state index < -0.39 is 121 Å². The lowest BCUT2D eigenvalue weighted by Crippen LogP contribution is -2.61. The predicted molar refractivity (Wildman–Crippen MR) is 288 cm³/mol. The van der Waals surface area contributed by atoms with Gasteiger partial charge in [-0.05, 0) is 18.6 Å². The number of ether oxygens (including phenoxy) is 12. The molecule has 0 radical (unpaired) electrons. The van der Waals surface area contributed by atoms with E-state index in [0.29, 0.717) is 39.6 Å². The number of aliphatic carboxylic acids is 2. The summed E-state index contributed by atoms with van der Waals surface area (Å²) in [7, 11) is 0. The number of carboxylic acids is 2. The summed E-state index contributed by atoms with van der Waals surface area (Å²) >= 11 is 0. The minimum absolute atomic E-state index is 0.00152. The van der Waals surface area contributed by atoms with Crippen LogP contribution < -0.4 is 38.9 Å². The third-order valence-electron chi connectivity index (χ3n) is 11.7.